The number of thiol groups is 1. The van der Waals surface area contributed by atoms with Crippen LogP contribution in [0.2, 0.25) is 0 Å². The van der Waals surface area contributed by atoms with Crippen molar-refractivity contribution in [2.45, 2.75) is 82.8 Å². The van der Waals surface area contributed by atoms with Crippen molar-refractivity contribution in [2.75, 3.05) is 0 Å². The Morgan fingerprint density at radius 3 is 1.91 bits per heavy atom. The van der Waals surface area contributed by atoms with Crippen LogP contribution in [0, 0.1) is 0 Å². The molecule has 0 N–H and O–H groups in total. The van der Waals surface area contributed by atoms with E-state index in [1.54, 1.807) is 0 Å². The van der Waals surface area contributed by atoms with Gasteiger partial charge in [0.1, 0.15) is 0 Å². The molecule has 1 nitrogen and oxygen atoms in total. The average molecular weight is 321 g/mol. The highest BCUT2D eigenvalue weighted by molar-refractivity contribution is 7.81. The van der Waals surface area contributed by atoms with Crippen LogP contribution in [0.25, 0.3) is 0 Å². The summed E-state index contributed by atoms with van der Waals surface area (Å²) < 4.78 is 0. The summed E-state index contributed by atoms with van der Waals surface area (Å²) in [5, 5.41) is -0.142. The van der Waals surface area contributed by atoms with Crippen LogP contribution in [0.15, 0.2) is 30.3 Å². The van der Waals surface area contributed by atoms with Crippen molar-refractivity contribution in [3.8, 4) is 0 Å². The minimum atomic E-state index is -0.142. The molecule has 1 atom stereocenters. The summed E-state index contributed by atoms with van der Waals surface area (Å²) in [7, 11) is 0. The normalized spacial score (nSPS) is 12.3. The van der Waals surface area contributed by atoms with Crippen molar-refractivity contribution in [1.29, 1.82) is 0 Å². The van der Waals surface area contributed by atoms with E-state index in [4.69, 9.17) is 0 Å². The van der Waals surface area contributed by atoms with Crippen LogP contribution in [0.3, 0.4) is 0 Å². The topological polar surface area (TPSA) is 17.1 Å². The standard InChI is InChI=1S/C20H32OS/c1-2-3-4-5-6-7-8-9-10-14-17-19(22)20(21)18-15-12-11-13-16-18/h11-13,15-16,19,22H,2-10,14,17H2,1H3. The Morgan fingerprint density at radius 1 is 0.864 bits per heavy atom. The van der Waals surface area contributed by atoms with Crippen molar-refractivity contribution >= 4 is 18.4 Å². The van der Waals surface area contributed by atoms with Gasteiger partial charge in [-0.3, -0.25) is 4.79 Å². The summed E-state index contributed by atoms with van der Waals surface area (Å²) in [6.45, 7) is 2.26. The minimum absolute atomic E-state index is 0.142. The van der Waals surface area contributed by atoms with E-state index < -0.39 is 0 Å². The molecule has 0 radical (unpaired) electrons. The molecule has 0 fully saturated rings. The van der Waals surface area contributed by atoms with E-state index in [9.17, 15) is 4.79 Å². The van der Waals surface area contributed by atoms with Gasteiger partial charge < -0.3 is 0 Å². The van der Waals surface area contributed by atoms with Crippen LogP contribution in [-0.4, -0.2) is 11.0 Å². The van der Waals surface area contributed by atoms with Crippen molar-refractivity contribution in [2.24, 2.45) is 0 Å². The molecule has 0 aliphatic carbocycles. The predicted molar refractivity (Wildman–Crippen MR) is 100 cm³/mol. The molecule has 0 heterocycles. The van der Waals surface area contributed by atoms with Gasteiger partial charge in [-0.25, -0.2) is 0 Å². The molecule has 0 bridgehead atoms. The third-order valence-electron chi connectivity index (χ3n) is 4.19. The Labute approximate surface area is 142 Å². The van der Waals surface area contributed by atoms with E-state index in [0.717, 1.165) is 18.4 Å². The lowest BCUT2D eigenvalue weighted by molar-refractivity contribution is 0.0986. The van der Waals surface area contributed by atoms with E-state index in [-0.39, 0.29) is 11.0 Å². The zero-order valence-electron chi connectivity index (χ0n) is 14.1. The molecule has 0 saturated carbocycles. The Kier molecular flexibility index (Phi) is 11.2. The summed E-state index contributed by atoms with van der Waals surface area (Å²) in [6.07, 6.45) is 14.2. The average Bonchev–Trinajstić information content (AvgIpc) is 2.56. The van der Waals surface area contributed by atoms with Crippen molar-refractivity contribution < 1.29 is 4.79 Å². The molecule has 0 aromatic heterocycles. The second kappa shape index (κ2) is 12.8. The summed E-state index contributed by atoms with van der Waals surface area (Å²) in [5.74, 6) is 0.167. The van der Waals surface area contributed by atoms with Gasteiger partial charge in [-0.1, -0.05) is 101 Å². The highest BCUT2D eigenvalue weighted by Crippen LogP contribution is 2.16. The number of carbonyl (C=O) groups excluding carboxylic acids is 1. The lowest BCUT2D eigenvalue weighted by Crippen LogP contribution is -2.14. The maximum Gasteiger partial charge on any atom is 0.175 e. The monoisotopic (exact) mass is 320 g/mol. The van der Waals surface area contributed by atoms with Gasteiger partial charge in [0, 0.05) is 5.56 Å². The van der Waals surface area contributed by atoms with Crippen molar-refractivity contribution in [3.63, 3.8) is 0 Å². The molecule has 0 aliphatic heterocycles. The molecule has 124 valence electrons. The number of benzene rings is 1. The van der Waals surface area contributed by atoms with E-state index in [2.05, 4.69) is 19.6 Å². The van der Waals surface area contributed by atoms with Gasteiger partial charge in [0.25, 0.3) is 0 Å². The molecule has 22 heavy (non-hydrogen) atoms. The fourth-order valence-electron chi connectivity index (χ4n) is 2.75. The number of ketones is 1. The molecule has 0 amide bonds. The van der Waals surface area contributed by atoms with Crippen LogP contribution in [0.5, 0.6) is 0 Å². The zero-order chi connectivity index (χ0) is 16.0. The molecular formula is C20H32OS. The number of Topliss-reactive ketones (excluding diaryl/α,β-unsaturated/α-hetero) is 1. The van der Waals surface area contributed by atoms with E-state index >= 15 is 0 Å². The smallest absolute Gasteiger partial charge is 0.175 e. The third kappa shape index (κ3) is 8.63. The highest BCUT2D eigenvalue weighted by Gasteiger charge is 2.14. The van der Waals surface area contributed by atoms with Crippen LogP contribution in [-0.2, 0) is 0 Å². The summed E-state index contributed by atoms with van der Waals surface area (Å²) in [6, 6.07) is 9.52. The van der Waals surface area contributed by atoms with Gasteiger partial charge >= 0.3 is 0 Å². The minimum Gasteiger partial charge on any atom is -0.293 e. The quantitative estimate of drug-likeness (QED) is 0.250. The summed E-state index contributed by atoms with van der Waals surface area (Å²) in [5.41, 5.74) is 0.787. The van der Waals surface area contributed by atoms with Crippen LogP contribution >= 0.6 is 12.6 Å². The molecule has 0 saturated heterocycles. The van der Waals surface area contributed by atoms with Gasteiger partial charge in [0.2, 0.25) is 0 Å². The summed E-state index contributed by atoms with van der Waals surface area (Å²) >= 11 is 4.48. The van der Waals surface area contributed by atoms with Crippen molar-refractivity contribution in [1.82, 2.24) is 0 Å². The molecule has 1 rings (SSSR count). The lowest BCUT2D eigenvalue weighted by atomic mass is 10.0. The van der Waals surface area contributed by atoms with Gasteiger partial charge in [0.05, 0.1) is 5.25 Å². The van der Waals surface area contributed by atoms with Gasteiger partial charge in [-0.15, -0.1) is 0 Å². The molecule has 0 aliphatic rings. The number of unbranched alkanes of at least 4 members (excludes halogenated alkanes) is 9. The molecule has 1 aromatic carbocycles. The van der Waals surface area contributed by atoms with E-state index in [1.165, 1.54) is 57.8 Å². The fraction of sp³-hybridized carbons (Fsp3) is 0.650. The van der Waals surface area contributed by atoms with Crippen LogP contribution in [0.4, 0.5) is 0 Å². The first-order valence-electron chi connectivity index (χ1n) is 9.03. The number of hydrogen-bond donors (Lipinski definition) is 1. The first-order valence-corrected chi connectivity index (χ1v) is 9.54. The third-order valence-corrected chi connectivity index (χ3v) is 4.68. The zero-order valence-corrected chi connectivity index (χ0v) is 15.0. The second-order valence-electron chi connectivity index (χ2n) is 6.22. The molecular weight excluding hydrogens is 288 g/mol. The Bertz CT molecular complexity index is 388. The maximum absolute atomic E-state index is 12.2. The molecule has 1 unspecified atom stereocenters. The SMILES string of the molecule is CCCCCCCCCCCCC(S)C(=O)c1ccccc1. The first-order chi connectivity index (χ1) is 10.8. The molecule has 2 heteroatoms. The van der Waals surface area contributed by atoms with Gasteiger partial charge in [0.15, 0.2) is 5.78 Å². The Balaban J connectivity index is 1.99. The number of hydrogen-bond acceptors (Lipinski definition) is 2. The Morgan fingerprint density at radius 2 is 1.36 bits per heavy atom. The number of carbonyl (C=O) groups is 1. The predicted octanol–water partition coefficient (Wildman–Crippen LogP) is 6.48. The van der Waals surface area contributed by atoms with Crippen molar-refractivity contribution in [3.05, 3.63) is 35.9 Å². The Hall–Kier alpha value is -0.760. The first kappa shape index (κ1) is 19.3. The maximum atomic E-state index is 12.2. The summed E-state index contributed by atoms with van der Waals surface area (Å²) in [4.78, 5) is 12.2. The second-order valence-corrected chi connectivity index (χ2v) is 6.84. The van der Waals surface area contributed by atoms with Gasteiger partial charge in [-0.05, 0) is 6.42 Å². The number of rotatable bonds is 13. The largest absolute Gasteiger partial charge is 0.293 e. The van der Waals surface area contributed by atoms with Gasteiger partial charge in [-0.2, -0.15) is 12.6 Å². The fourth-order valence-corrected chi connectivity index (χ4v) is 3.08. The molecule has 1 aromatic rings. The highest BCUT2D eigenvalue weighted by atomic mass is 32.1. The van der Waals surface area contributed by atoms with Crippen LogP contribution < -0.4 is 0 Å². The molecule has 0 spiro atoms. The van der Waals surface area contributed by atoms with Crippen LogP contribution in [0.1, 0.15) is 87.9 Å². The van der Waals surface area contributed by atoms with E-state index in [0.29, 0.717) is 0 Å². The van der Waals surface area contributed by atoms with E-state index in [1.807, 2.05) is 30.3 Å². The lowest BCUT2D eigenvalue weighted by Gasteiger charge is -2.09.